The van der Waals surface area contributed by atoms with Crippen molar-refractivity contribution in [2.45, 2.75) is 33.6 Å². The van der Waals surface area contributed by atoms with E-state index in [1.807, 2.05) is 0 Å². The number of aldehydes is 1. The first-order chi connectivity index (χ1) is 5.16. The highest BCUT2D eigenvalue weighted by Gasteiger charge is 2.20. The number of carbonyl (C=O) groups excluding carboxylic acids is 1. The zero-order valence-electron chi connectivity index (χ0n) is 7.55. The summed E-state index contributed by atoms with van der Waals surface area (Å²) in [5.41, 5.74) is 2.35. The van der Waals surface area contributed by atoms with E-state index in [4.69, 9.17) is 0 Å². The van der Waals surface area contributed by atoms with E-state index in [9.17, 15) is 4.79 Å². The van der Waals surface area contributed by atoms with Crippen molar-refractivity contribution in [2.75, 3.05) is 0 Å². The molecule has 0 radical (unpaired) electrons. The zero-order chi connectivity index (χ0) is 8.43. The molecule has 2 unspecified atom stereocenters. The zero-order valence-corrected chi connectivity index (χ0v) is 7.55. The fourth-order valence-corrected chi connectivity index (χ4v) is 1.75. The maximum absolute atomic E-state index is 10.7. The van der Waals surface area contributed by atoms with E-state index in [1.54, 1.807) is 0 Å². The van der Waals surface area contributed by atoms with Crippen LogP contribution in [0.5, 0.6) is 0 Å². The molecule has 0 bridgehead atoms. The van der Waals surface area contributed by atoms with Gasteiger partial charge in [-0.05, 0) is 37.2 Å². The summed E-state index contributed by atoms with van der Waals surface area (Å²) < 4.78 is 0. The van der Waals surface area contributed by atoms with Gasteiger partial charge in [0.15, 0.2) is 0 Å². The van der Waals surface area contributed by atoms with Gasteiger partial charge >= 0.3 is 0 Å². The number of hydrogen-bond donors (Lipinski definition) is 0. The molecule has 1 aliphatic carbocycles. The Hall–Kier alpha value is -0.590. The molecule has 1 rings (SSSR count). The van der Waals surface area contributed by atoms with Crippen LogP contribution in [0.25, 0.3) is 0 Å². The van der Waals surface area contributed by atoms with E-state index in [-0.39, 0.29) is 0 Å². The molecule has 11 heavy (non-hydrogen) atoms. The van der Waals surface area contributed by atoms with E-state index in [1.165, 1.54) is 18.4 Å². The predicted octanol–water partition coefficient (Wildman–Crippen LogP) is 2.57. The van der Waals surface area contributed by atoms with E-state index < -0.39 is 0 Å². The molecule has 2 atom stereocenters. The smallest absolute Gasteiger partial charge is 0.146 e. The molecule has 0 heterocycles. The Bertz CT molecular complexity index is 191. The predicted molar refractivity (Wildman–Crippen MR) is 46.3 cm³/mol. The van der Waals surface area contributed by atoms with Gasteiger partial charge in [0, 0.05) is 0 Å². The van der Waals surface area contributed by atoms with Crippen molar-refractivity contribution in [3.8, 4) is 0 Å². The van der Waals surface area contributed by atoms with E-state index in [2.05, 4.69) is 20.8 Å². The minimum absolute atomic E-state index is 0.490. The van der Waals surface area contributed by atoms with E-state index in [0.717, 1.165) is 11.9 Å². The van der Waals surface area contributed by atoms with Crippen LogP contribution >= 0.6 is 0 Å². The Labute approximate surface area is 68.5 Å². The maximum Gasteiger partial charge on any atom is 0.146 e. The van der Waals surface area contributed by atoms with Crippen LogP contribution in [0.1, 0.15) is 33.6 Å². The van der Waals surface area contributed by atoms with Crippen molar-refractivity contribution in [2.24, 2.45) is 11.8 Å². The van der Waals surface area contributed by atoms with Gasteiger partial charge in [-0.25, -0.2) is 0 Å². The Morgan fingerprint density at radius 3 is 2.27 bits per heavy atom. The molecule has 0 spiro atoms. The summed E-state index contributed by atoms with van der Waals surface area (Å²) in [6, 6.07) is 0. The largest absolute Gasteiger partial charge is 0.298 e. The van der Waals surface area contributed by atoms with Gasteiger partial charge in [0.2, 0.25) is 0 Å². The van der Waals surface area contributed by atoms with Crippen LogP contribution in [0.3, 0.4) is 0 Å². The highest BCUT2D eigenvalue weighted by Crippen LogP contribution is 2.32. The second-order valence-corrected chi connectivity index (χ2v) is 3.64. The van der Waals surface area contributed by atoms with Crippen LogP contribution in [0.4, 0.5) is 0 Å². The number of hydrogen-bond acceptors (Lipinski definition) is 1. The summed E-state index contributed by atoms with van der Waals surface area (Å²) in [4.78, 5) is 10.7. The summed E-state index contributed by atoms with van der Waals surface area (Å²) in [6.07, 6.45) is 3.45. The minimum atomic E-state index is 0.490. The second kappa shape index (κ2) is 3.21. The second-order valence-electron chi connectivity index (χ2n) is 3.64. The first-order valence-electron chi connectivity index (χ1n) is 4.32. The highest BCUT2D eigenvalue weighted by atomic mass is 16.1. The van der Waals surface area contributed by atoms with E-state index >= 15 is 0 Å². The van der Waals surface area contributed by atoms with Crippen LogP contribution in [-0.4, -0.2) is 6.29 Å². The molecular weight excluding hydrogens is 136 g/mol. The van der Waals surface area contributed by atoms with Crippen molar-refractivity contribution >= 4 is 6.29 Å². The van der Waals surface area contributed by atoms with Crippen LogP contribution in [0.15, 0.2) is 11.1 Å². The normalized spacial score (nSPS) is 32.3. The lowest BCUT2D eigenvalue weighted by molar-refractivity contribution is -0.105. The van der Waals surface area contributed by atoms with Gasteiger partial charge in [-0.15, -0.1) is 0 Å². The molecule has 0 saturated carbocycles. The van der Waals surface area contributed by atoms with Crippen LogP contribution in [-0.2, 0) is 4.79 Å². The first kappa shape index (κ1) is 8.51. The van der Waals surface area contributed by atoms with Gasteiger partial charge in [0.1, 0.15) is 6.29 Å². The summed E-state index contributed by atoms with van der Waals surface area (Å²) in [6.45, 7) is 6.42. The van der Waals surface area contributed by atoms with Gasteiger partial charge in [-0.2, -0.15) is 0 Å². The topological polar surface area (TPSA) is 17.1 Å². The SMILES string of the molecule is CC1=C(C=O)C(C)CCC1C. The highest BCUT2D eigenvalue weighted by molar-refractivity contribution is 5.75. The van der Waals surface area contributed by atoms with Crippen molar-refractivity contribution < 1.29 is 4.79 Å². The lowest BCUT2D eigenvalue weighted by Gasteiger charge is -2.25. The molecule has 0 aromatic carbocycles. The fraction of sp³-hybridized carbons (Fsp3) is 0.700. The molecule has 0 amide bonds. The van der Waals surface area contributed by atoms with Crippen molar-refractivity contribution in [3.05, 3.63) is 11.1 Å². The summed E-state index contributed by atoms with van der Waals surface area (Å²) in [7, 11) is 0. The van der Waals surface area contributed by atoms with Crippen LogP contribution < -0.4 is 0 Å². The Morgan fingerprint density at radius 1 is 1.27 bits per heavy atom. The quantitative estimate of drug-likeness (QED) is 0.528. The lowest BCUT2D eigenvalue weighted by Crippen LogP contribution is -2.15. The average Bonchev–Trinajstić information content (AvgIpc) is 1.99. The molecule has 1 heteroatoms. The molecule has 0 fully saturated rings. The number of allylic oxidation sites excluding steroid dienone is 2. The summed E-state index contributed by atoms with van der Waals surface area (Å²) in [5.74, 6) is 1.11. The summed E-state index contributed by atoms with van der Waals surface area (Å²) >= 11 is 0. The molecular formula is C10H16O. The van der Waals surface area contributed by atoms with Gasteiger partial charge in [0.25, 0.3) is 0 Å². The third kappa shape index (κ3) is 1.52. The Kier molecular flexibility index (Phi) is 2.48. The third-order valence-electron chi connectivity index (χ3n) is 2.89. The van der Waals surface area contributed by atoms with Crippen LogP contribution in [0, 0.1) is 11.8 Å². The molecule has 0 N–H and O–H groups in total. The molecule has 0 saturated heterocycles. The average molecular weight is 152 g/mol. The molecule has 0 aromatic rings. The number of carbonyl (C=O) groups is 1. The van der Waals surface area contributed by atoms with Gasteiger partial charge in [-0.3, -0.25) is 4.79 Å². The summed E-state index contributed by atoms with van der Waals surface area (Å²) in [5, 5.41) is 0. The van der Waals surface area contributed by atoms with E-state index in [0.29, 0.717) is 11.8 Å². The lowest BCUT2D eigenvalue weighted by atomic mass is 9.79. The standard InChI is InChI=1S/C10H16O/c1-7-4-5-8(2)10(6-11)9(7)3/h6-8H,4-5H2,1-3H3. The molecule has 0 aromatic heterocycles. The Balaban J connectivity index is 2.93. The van der Waals surface area contributed by atoms with Crippen molar-refractivity contribution in [3.63, 3.8) is 0 Å². The van der Waals surface area contributed by atoms with Crippen molar-refractivity contribution in [1.29, 1.82) is 0 Å². The Morgan fingerprint density at radius 2 is 1.82 bits per heavy atom. The molecule has 0 aliphatic heterocycles. The molecule has 62 valence electrons. The maximum atomic E-state index is 10.7. The van der Waals surface area contributed by atoms with Gasteiger partial charge < -0.3 is 0 Å². The van der Waals surface area contributed by atoms with Gasteiger partial charge in [0.05, 0.1) is 0 Å². The first-order valence-corrected chi connectivity index (χ1v) is 4.32. The monoisotopic (exact) mass is 152 g/mol. The van der Waals surface area contributed by atoms with Gasteiger partial charge in [-0.1, -0.05) is 19.4 Å². The van der Waals surface area contributed by atoms with Crippen molar-refractivity contribution in [1.82, 2.24) is 0 Å². The number of rotatable bonds is 1. The third-order valence-corrected chi connectivity index (χ3v) is 2.89. The molecule has 1 nitrogen and oxygen atoms in total. The molecule has 1 aliphatic rings. The minimum Gasteiger partial charge on any atom is -0.298 e. The van der Waals surface area contributed by atoms with Crippen LogP contribution in [0.2, 0.25) is 0 Å². The fourth-order valence-electron chi connectivity index (χ4n) is 1.75.